The number of rotatable bonds is 0. The van der Waals surface area contributed by atoms with Gasteiger partial charge in [-0.1, -0.05) is 0 Å². The van der Waals surface area contributed by atoms with Crippen LogP contribution >= 0.6 is 0 Å². The van der Waals surface area contributed by atoms with E-state index in [0.717, 1.165) is 0 Å². The Morgan fingerprint density at radius 1 is 1.00 bits per heavy atom. The van der Waals surface area contributed by atoms with Crippen LogP contribution in [-0.2, 0) is 9.59 Å². The third-order valence-electron chi connectivity index (χ3n) is 0.695. The first-order valence-electron chi connectivity index (χ1n) is 2.07. The van der Waals surface area contributed by atoms with Crippen molar-refractivity contribution >= 4 is 11.6 Å². The van der Waals surface area contributed by atoms with Gasteiger partial charge in [0.25, 0.3) is 0 Å². The summed E-state index contributed by atoms with van der Waals surface area (Å²) in [7, 11) is 0. The topological polar surface area (TPSA) is 34.1 Å². The number of carbonyl (C=O) groups is 2. The summed E-state index contributed by atoms with van der Waals surface area (Å²) in [4.78, 5) is 20.4. The summed E-state index contributed by atoms with van der Waals surface area (Å²) in [5, 5.41) is 0. The molecule has 1 rings (SSSR count). The molecule has 1 aliphatic carbocycles. The van der Waals surface area contributed by atoms with Gasteiger partial charge in [-0.05, 0) is 24.0 Å². The van der Waals surface area contributed by atoms with Crippen LogP contribution in [0.4, 0.5) is 0 Å². The maximum absolute atomic E-state index is 10.2. The van der Waals surface area contributed by atoms with Crippen LogP contribution in [0.5, 0.6) is 0 Å². The van der Waals surface area contributed by atoms with Gasteiger partial charge in [0, 0.05) is 0 Å². The highest BCUT2D eigenvalue weighted by atomic mass is 16.1. The van der Waals surface area contributed by atoms with Gasteiger partial charge >= 0.3 is 0 Å². The molecule has 0 saturated heterocycles. The van der Waals surface area contributed by atoms with Crippen molar-refractivity contribution in [1.82, 2.24) is 0 Å². The van der Waals surface area contributed by atoms with Crippen molar-refractivity contribution in [3.63, 3.8) is 0 Å². The van der Waals surface area contributed by atoms with E-state index in [0.29, 0.717) is 0 Å². The summed E-state index contributed by atoms with van der Waals surface area (Å²) >= 11 is 0. The van der Waals surface area contributed by atoms with Gasteiger partial charge in [0.15, 0.2) is 0 Å². The summed E-state index contributed by atoms with van der Waals surface area (Å²) in [5.41, 5.74) is 0. The maximum atomic E-state index is 10.2. The van der Waals surface area contributed by atoms with E-state index in [4.69, 9.17) is 0 Å². The number of allylic oxidation sites excluding steroid dienone is 2. The fourth-order valence-electron chi connectivity index (χ4n) is 0.358. The molecule has 0 heterocycles. The van der Waals surface area contributed by atoms with E-state index >= 15 is 0 Å². The van der Waals surface area contributed by atoms with Crippen molar-refractivity contribution in [2.24, 2.45) is 0 Å². The third-order valence-corrected chi connectivity index (χ3v) is 0.695. The molecule has 0 aromatic heterocycles. The monoisotopic (exact) mass is 106 g/mol. The predicted molar refractivity (Wildman–Crippen MR) is 26.9 cm³/mol. The van der Waals surface area contributed by atoms with Gasteiger partial charge in [-0.2, -0.15) is 0 Å². The third kappa shape index (κ3) is 0.824. The summed E-state index contributed by atoms with van der Waals surface area (Å²) in [6.45, 7) is 0. The molecule has 38 valence electrons. The largest absolute Gasteiger partial charge is 0.280 e. The van der Waals surface area contributed by atoms with Gasteiger partial charge in [-0.15, -0.1) is 0 Å². The van der Waals surface area contributed by atoms with E-state index in [9.17, 15) is 9.59 Å². The molecule has 0 amide bonds. The smallest absolute Gasteiger partial charge is 0.229 e. The zero-order valence-corrected chi connectivity index (χ0v) is 3.97. The molecule has 0 spiro atoms. The highest BCUT2D eigenvalue weighted by Gasteiger charge is 1.97. The Morgan fingerprint density at radius 3 is 1.62 bits per heavy atom. The van der Waals surface area contributed by atoms with Crippen molar-refractivity contribution in [2.45, 2.75) is 0 Å². The minimum Gasteiger partial charge on any atom is -0.280 e. The lowest BCUT2D eigenvalue weighted by molar-refractivity contribution is -0.112. The van der Waals surface area contributed by atoms with Crippen LogP contribution in [0.1, 0.15) is 0 Å². The molecule has 0 radical (unpaired) electrons. The summed E-state index contributed by atoms with van der Waals surface area (Å²) in [6, 6.07) is 0. The van der Waals surface area contributed by atoms with Crippen LogP contribution in [0.15, 0.2) is 12.2 Å². The van der Waals surface area contributed by atoms with Gasteiger partial charge < -0.3 is 0 Å². The number of hydrogen-bond donors (Lipinski definition) is 0. The maximum Gasteiger partial charge on any atom is 0.229 e. The molecule has 0 atom stereocenters. The van der Waals surface area contributed by atoms with Crippen LogP contribution in [0.3, 0.4) is 0 Å². The second-order valence-electron chi connectivity index (χ2n) is 1.31. The van der Waals surface area contributed by atoms with Crippen LogP contribution in [-0.4, -0.2) is 11.6 Å². The highest BCUT2D eigenvalue weighted by molar-refractivity contribution is 6.18. The minimum absolute atomic E-state index is 0.301. The van der Waals surface area contributed by atoms with Crippen molar-refractivity contribution in [3.8, 4) is 11.8 Å². The fourth-order valence-corrected chi connectivity index (χ4v) is 0.358. The minimum atomic E-state index is -0.301. The molecule has 8 heavy (non-hydrogen) atoms. The Balaban J connectivity index is 2.95. The first-order chi connectivity index (χ1) is 3.79. The number of ketones is 2. The first-order valence-corrected chi connectivity index (χ1v) is 2.07. The lowest BCUT2D eigenvalue weighted by atomic mass is 10.2. The van der Waals surface area contributed by atoms with E-state index < -0.39 is 0 Å². The van der Waals surface area contributed by atoms with Crippen molar-refractivity contribution in [2.75, 3.05) is 0 Å². The van der Waals surface area contributed by atoms with E-state index in [-0.39, 0.29) is 11.6 Å². The molecular formula is C6H2O2. The normalized spacial score (nSPS) is 15.5. The summed E-state index contributed by atoms with van der Waals surface area (Å²) < 4.78 is 0. The molecule has 0 fully saturated rings. The average molecular weight is 106 g/mol. The molecule has 1 aliphatic rings. The molecule has 2 nitrogen and oxygen atoms in total. The van der Waals surface area contributed by atoms with Crippen molar-refractivity contribution in [1.29, 1.82) is 0 Å². The van der Waals surface area contributed by atoms with Gasteiger partial charge in [0.2, 0.25) is 11.6 Å². The Labute approximate surface area is 46.2 Å². The lowest BCUT2D eigenvalue weighted by Gasteiger charge is -1.82. The molecule has 0 aromatic carbocycles. The SMILES string of the molecule is O=C1C#CC(=O)C=C1. The molecule has 0 aromatic rings. The average Bonchev–Trinajstić information content (AvgIpc) is 1.77. The molecule has 0 N–H and O–H groups in total. The molecule has 0 saturated carbocycles. The second-order valence-corrected chi connectivity index (χ2v) is 1.31. The van der Waals surface area contributed by atoms with Crippen LogP contribution in [0.25, 0.3) is 0 Å². The fraction of sp³-hybridized carbons (Fsp3) is 0. The van der Waals surface area contributed by atoms with Crippen LogP contribution in [0, 0.1) is 11.8 Å². The highest BCUT2D eigenvalue weighted by Crippen LogP contribution is 1.83. The van der Waals surface area contributed by atoms with E-state index in [1.54, 1.807) is 0 Å². The quantitative estimate of drug-likeness (QED) is 0.314. The summed E-state index contributed by atoms with van der Waals surface area (Å²) in [6.07, 6.45) is 2.33. The number of hydrogen-bond acceptors (Lipinski definition) is 2. The predicted octanol–water partition coefficient (Wildman–Crippen LogP) is -0.302. The lowest BCUT2D eigenvalue weighted by Crippen LogP contribution is -1.97. The standard InChI is InChI=1S/C6H2O2/c7-5-1-2-6(8)4-3-5/h1-2H. The Kier molecular flexibility index (Phi) is 0.974. The Morgan fingerprint density at radius 2 is 1.38 bits per heavy atom. The van der Waals surface area contributed by atoms with Gasteiger partial charge in [-0.3, -0.25) is 9.59 Å². The van der Waals surface area contributed by atoms with Crippen molar-refractivity contribution < 1.29 is 9.59 Å². The van der Waals surface area contributed by atoms with Crippen molar-refractivity contribution in [3.05, 3.63) is 12.2 Å². The van der Waals surface area contributed by atoms with Crippen LogP contribution < -0.4 is 0 Å². The van der Waals surface area contributed by atoms with Gasteiger partial charge in [0.1, 0.15) is 0 Å². The zero-order valence-electron chi connectivity index (χ0n) is 3.97. The Bertz CT molecular complexity index is 203. The first kappa shape index (κ1) is 4.79. The van der Waals surface area contributed by atoms with Gasteiger partial charge in [0.05, 0.1) is 0 Å². The molecular weight excluding hydrogens is 104 g/mol. The second kappa shape index (κ2) is 1.63. The molecule has 0 unspecified atom stereocenters. The number of carbonyl (C=O) groups excluding carboxylic acids is 2. The zero-order chi connectivity index (χ0) is 5.98. The van der Waals surface area contributed by atoms with E-state index in [1.165, 1.54) is 12.2 Å². The molecule has 0 aliphatic heterocycles. The van der Waals surface area contributed by atoms with Gasteiger partial charge in [-0.25, -0.2) is 0 Å². The van der Waals surface area contributed by atoms with E-state index in [1.807, 2.05) is 0 Å². The summed E-state index contributed by atoms with van der Waals surface area (Å²) in [5.74, 6) is 3.61. The van der Waals surface area contributed by atoms with Crippen LogP contribution in [0.2, 0.25) is 0 Å². The molecule has 2 heteroatoms. The Hall–Kier alpha value is -1.36. The van der Waals surface area contributed by atoms with E-state index in [2.05, 4.69) is 11.8 Å². The molecule has 0 bridgehead atoms.